The lowest BCUT2D eigenvalue weighted by molar-refractivity contribution is 0.459. The SMILES string of the molecule is CCCCNS(=O)(=O)C1CC2CCC1C2. The van der Waals surface area contributed by atoms with Crippen LogP contribution in [0.5, 0.6) is 0 Å². The molecule has 0 heterocycles. The molecule has 2 fully saturated rings. The van der Waals surface area contributed by atoms with Crippen molar-refractivity contribution in [3.63, 3.8) is 0 Å². The third-order valence-electron chi connectivity index (χ3n) is 3.91. The highest BCUT2D eigenvalue weighted by molar-refractivity contribution is 7.90. The fraction of sp³-hybridized carbons (Fsp3) is 1.00. The van der Waals surface area contributed by atoms with E-state index < -0.39 is 10.0 Å². The normalized spacial score (nSPS) is 34.9. The molecule has 0 saturated heterocycles. The summed E-state index contributed by atoms with van der Waals surface area (Å²) in [4.78, 5) is 0. The molecular formula is C11H21NO2S. The molecule has 2 aliphatic rings. The van der Waals surface area contributed by atoms with Crippen molar-refractivity contribution in [1.82, 2.24) is 4.72 Å². The van der Waals surface area contributed by atoms with Crippen molar-refractivity contribution in [3.05, 3.63) is 0 Å². The first-order chi connectivity index (χ1) is 7.13. The number of hydrogen-bond acceptors (Lipinski definition) is 2. The third-order valence-corrected chi connectivity index (χ3v) is 5.89. The lowest BCUT2D eigenvalue weighted by atomic mass is 10.0. The van der Waals surface area contributed by atoms with E-state index in [0.29, 0.717) is 18.4 Å². The van der Waals surface area contributed by atoms with Gasteiger partial charge in [0.25, 0.3) is 0 Å². The van der Waals surface area contributed by atoms with E-state index in [4.69, 9.17) is 0 Å². The first kappa shape index (κ1) is 11.4. The Hall–Kier alpha value is -0.0900. The van der Waals surface area contributed by atoms with Gasteiger partial charge in [0.2, 0.25) is 10.0 Å². The van der Waals surface area contributed by atoms with Gasteiger partial charge in [-0.25, -0.2) is 13.1 Å². The predicted molar refractivity (Wildman–Crippen MR) is 61.1 cm³/mol. The zero-order valence-electron chi connectivity index (χ0n) is 9.41. The van der Waals surface area contributed by atoms with Crippen LogP contribution in [0.2, 0.25) is 0 Å². The van der Waals surface area contributed by atoms with Crippen molar-refractivity contribution >= 4 is 10.0 Å². The molecule has 0 aliphatic heterocycles. The monoisotopic (exact) mass is 231 g/mol. The standard InChI is InChI=1S/C11H21NO2S/c1-2-3-6-12-15(13,14)11-8-9-4-5-10(11)7-9/h9-12H,2-8H2,1H3. The maximum Gasteiger partial charge on any atom is 0.214 e. The van der Waals surface area contributed by atoms with Crippen LogP contribution in [0.15, 0.2) is 0 Å². The molecule has 1 N–H and O–H groups in total. The van der Waals surface area contributed by atoms with E-state index in [1.54, 1.807) is 0 Å². The molecule has 88 valence electrons. The van der Waals surface area contributed by atoms with Crippen LogP contribution in [-0.4, -0.2) is 20.2 Å². The van der Waals surface area contributed by atoms with Crippen molar-refractivity contribution in [3.8, 4) is 0 Å². The van der Waals surface area contributed by atoms with E-state index in [1.165, 1.54) is 6.42 Å². The maximum atomic E-state index is 12.0. The number of rotatable bonds is 5. The lowest BCUT2D eigenvalue weighted by Crippen LogP contribution is -2.37. The quantitative estimate of drug-likeness (QED) is 0.734. The van der Waals surface area contributed by atoms with Crippen molar-refractivity contribution in [2.75, 3.05) is 6.54 Å². The summed E-state index contributed by atoms with van der Waals surface area (Å²) < 4.78 is 26.7. The molecule has 2 rings (SSSR count). The molecule has 2 bridgehead atoms. The van der Waals surface area contributed by atoms with Crippen LogP contribution in [0.25, 0.3) is 0 Å². The second-order valence-electron chi connectivity index (χ2n) is 5.01. The largest absolute Gasteiger partial charge is 0.215 e. The number of sulfonamides is 1. The molecule has 0 aromatic heterocycles. The van der Waals surface area contributed by atoms with Crippen LogP contribution in [0, 0.1) is 11.8 Å². The molecule has 0 spiro atoms. The van der Waals surface area contributed by atoms with Crippen LogP contribution in [0.3, 0.4) is 0 Å². The smallest absolute Gasteiger partial charge is 0.214 e. The summed E-state index contributed by atoms with van der Waals surface area (Å²) in [6.07, 6.45) is 6.43. The molecule has 3 nitrogen and oxygen atoms in total. The fourth-order valence-electron chi connectivity index (χ4n) is 3.06. The predicted octanol–water partition coefficient (Wildman–Crippen LogP) is 1.89. The molecule has 0 amide bonds. The maximum absolute atomic E-state index is 12.0. The minimum atomic E-state index is -3.01. The summed E-state index contributed by atoms with van der Waals surface area (Å²) in [6, 6.07) is 0. The fourth-order valence-corrected chi connectivity index (χ4v) is 4.99. The number of unbranched alkanes of at least 4 members (excludes halogenated alkanes) is 1. The van der Waals surface area contributed by atoms with E-state index in [1.807, 2.05) is 0 Å². The lowest BCUT2D eigenvalue weighted by Gasteiger charge is -2.21. The van der Waals surface area contributed by atoms with Gasteiger partial charge in [-0.2, -0.15) is 0 Å². The van der Waals surface area contributed by atoms with Gasteiger partial charge < -0.3 is 0 Å². The van der Waals surface area contributed by atoms with E-state index in [9.17, 15) is 8.42 Å². The van der Waals surface area contributed by atoms with Gasteiger partial charge in [0.15, 0.2) is 0 Å². The Morgan fingerprint density at radius 2 is 2.07 bits per heavy atom. The van der Waals surface area contributed by atoms with Crippen LogP contribution in [0.4, 0.5) is 0 Å². The zero-order valence-corrected chi connectivity index (χ0v) is 10.2. The summed E-state index contributed by atoms with van der Waals surface area (Å²) in [7, 11) is -3.01. The van der Waals surface area contributed by atoms with Gasteiger partial charge in [-0.15, -0.1) is 0 Å². The highest BCUT2D eigenvalue weighted by atomic mass is 32.2. The van der Waals surface area contributed by atoms with Gasteiger partial charge in [-0.05, 0) is 37.5 Å². The summed E-state index contributed by atoms with van der Waals surface area (Å²) in [6.45, 7) is 2.69. The Bertz CT molecular complexity index is 313. The molecule has 2 aliphatic carbocycles. The van der Waals surface area contributed by atoms with Crippen molar-refractivity contribution in [2.45, 2.75) is 50.7 Å². The number of fused-ring (bicyclic) bond motifs is 2. The Morgan fingerprint density at radius 3 is 2.60 bits per heavy atom. The Labute approximate surface area is 92.7 Å². The minimum Gasteiger partial charge on any atom is -0.215 e. The molecule has 2 saturated carbocycles. The van der Waals surface area contributed by atoms with Gasteiger partial charge >= 0.3 is 0 Å². The van der Waals surface area contributed by atoms with E-state index in [2.05, 4.69) is 11.6 Å². The Balaban J connectivity index is 1.92. The average molecular weight is 231 g/mol. The van der Waals surface area contributed by atoms with Gasteiger partial charge in [0.05, 0.1) is 5.25 Å². The summed E-state index contributed by atoms with van der Waals surface area (Å²) in [5.74, 6) is 1.15. The highest BCUT2D eigenvalue weighted by Gasteiger charge is 2.45. The second-order valence-corrected chi connectivity index (χ2v) is 6.99. The molecule has 15 heavy (non-hydrogen) atoms. The summed E-state index contributed by atoms with van der Waals surface area (Å²) in [5, 5.41) is -0.0758. The van der Waals surface area contributed by atoms with Crippen molar-refractivity contribution < 1.29 is 8.42 Å². The Morgan fingerprint density at radius 1 is 1.27 bits per heavy atom. The highest BCUT2D eigenvalue weighted by Crippen LogP contribution is 2.47. The van der Waals surface area contributed by atoms with E-state index >= 15 is 0 Å². The van der Waals surface area contributed by atoms with Gasteiger partial charge in [0, 0.05) is 6.54 Å². The van der Waals surface area contributed by atoms with E-state index in [-0.39, 0.29) is 5.25 Å². The van der Waals surface area contributed by atoms with Crippen LogP contribution in [-0.2, 0) is 10.0 Å². The summed E-state index contributed by atoms with van der Waals surface area (Å²) in [5.41, 5.74) is 0. The van der Waals surface area contributed by atoms with Gasteiger partial charge in [0.1, 0.15) is 0 Å². The molecular weight excluding hydrogens is 210 g/mol. The molecule has 0 aromatic rings. The minimum absolute atomic E-state index is 0.0758. The van der Waals surface area contributed by atoms with Crippen molar-refractivity contribution in [2.24, 2.45) is 11.8 Å². The molecule has 0 radical (unpaired) electrons. The third kappa shape index (κ3) is 2.36. The van der Waals surface area contributed by atoms with Crippen LogP contribution < -0.4 is 4.72 Å². The first-order valence-electron chi connectivity index (χ1n) is 6.12. The first-order valence-corrected chi connectivity index (χ1v) is 7.66. The van der Waals surface area contributed by atoms with Gasteiger partial charge in [-0.1, -0.05) is 19.8 Å². The Kier molecular flexibility index (Phi) is 3.36. The molecule has 4 heteroatoms. The molecule has 3 unspecified atom stereocenters. The van der Waals surface area contributed by atoms with Crippen LogP contribution in [0.1, 0.15) is 45.4 Å². The second kappa shape index (κ2) is 4.42. The number of nitrogens with one attached hydrogen (secondary N) is 1. The van der Waals surface area contributed by atoms with E-state index in [0.717, 1.165) is 32.1 Å². The summed E-state index contributed by atoms with van der Waals surface area (Å²) >= 11 is 0. The van der Waals surface area contributed by atoms with Crippen molar-refractivity contribution in [1.29, 1.82) is 0 Å². The van der Waals surface area contributed by atoms with Gasteiger partial charge in [-0.3, -0.25) is 0 Å². The topological polar surface area (TPSA) is 46.2 Å². The zero-order chi connectivity index (χ0) is 10.9. The van der Waals surface area contributed by atoms with Crippen LogP contribution >= 0.6 is 0 Å². The average Bonchev–Trinajstić information content (AvgIpc) is 2.79. The molecule has 0 aromatic carbocycles. The molecule has 3 atom stereocenters. The number of hydrogen-bond donors (Lipinski definition) is 1.